The first-order chi connectivity index (χ1) is 14.2. The number of rotatable bonds is 4. The molecular weight excluding hydrogens is 368 g/mol. The lowest BCUT2D eigenvalue weighted by Crippen LogP contribution is -2.28. The second-order valence-electron chi connectivity index (χ2n) is 6.91. The molecule has 1 amide bonds. The SMILES string of the molecule is O=C(Cn1c2ccccc2c(=O)c2ccccc21)NCc1ccc2c(c1)OCO2. The molecule has 0 aliphatic carbocycles. The van der Waals surface area contributed by atoms with Crippen molar-refractivity contribution in [1.82, 2.24) is 9.88 Å². The summed E-state index contributed by atoms with van der Waals surface area (Å²) in [5.74, 6) is 1.27. The Labute approximate surface area is 166 Å². The molecule has 3 aromatic carbocycles. The minimum absolute atomic E-state index is 0.0202. The zero-order chi connectivity index (χ0) is 19.8. The Morgan fingerprint density at radius 3 is 2.28 bits per heavy atom. The van der Waals surface area contributed by atoms with Gasteiger partial charge in [0, 0.05) is 17.3 Å². The maximum Gasteiger partial charge on any atom is 0.240 e. The zero-order valence-electron chi connectivity index (χ0n) is 15.6. The van der Waals surface area contributed by atoms with E-state index in [-0.39, 0.29) is 24.7 Å². The number of carbonyl (C=O) groups excluding carboxylic acids is 1. The van der Waals surface area contributed by atoms with Crippen LogP contribution in [0.2, 0.25) is 0 Å². The number of amides is 1. The highest BCUT2D eigenvalue weighted by atomic mass is 16.7. The predicted molar refractivity (Wildman–Crippen MR) is 110 cm³/mol. The van der Waals surface area contributed by atoms with Gasteiger partial charge in [0.1, 0.15) is 6.54 Å². The van der Waals surface area contributed by atoms with E-state index in [2.05, 4.69) is 5.32 Å². The van der Waals surface area contributed by atoms with Crippen molar-refractivity contribution in [3.05, 3.63) is 82.5 Å². The molecule has 1 aliphatic heterocycles. The second kappa shape index (κ2) is 6.98. The molecule has 1 N–H and O–H groups in total. The summed E-state index contributed by atoms with van der Waals surface area (Å²) in [7, 11) is 0. The molecule has 144 valence electrons. The lowest BCUT2D eigenvalue weighted by atomic mass is 10.1. The van der Waals surface area contributed by atoms with Crippen LogP contribution < -0.4 is 20.2 Å². The van der Waals surface area contributed by atoms with Crippen LogP contribution in [0.1, 0.15) is 5.56 Å². The molecule has 0 saturated heterocycles. The molecule has 2 heterocycles. The lowest BCUT2D eigenvalue weighted by molar-refractivity contribution is -0.121. The standard InChI is InChI=1S/C23H18N2O4/c26-22(24-12-15-9-10-20-21(11-15)29-14-28-20)13-25-18-7-3-1-5-16(18)23(27)17-6-2-4-8-19(17)25/h1-11H,12-14H2,(H,24,26). The third kappa shape index (κ3) is 3.08. The topological polar surface area (TPSA) is 69.6 Å². The smallest absolute Gasteiger partial charge is 0.240 e. The summed E-state index contributed by atoms with van der Waals surface area (Å²) in [5, 5.41) is 4.16. The van der Waals surface area contributed by atoms with Gasteiger partial charge in [-0.1, -0.05) is 30.3 Å². The third-order valence-corrected chi connectivity index (χ3v) is 5.11. The second-order valence-corrected chi connectivity index (χ2v) is 6.91. The van der Waals surface area contributed by atoms with Crippen molar-refractivity contribution in [2.45, 2.75) is 13.1 Å². The molecule has 1 aliphatic rings. The van der Waals surface area contributed by atoms with Gasteiger partial charge in [0.25, 0.3) is 0 Å². The minimum Gasteiger partial charge on any atom is -0.454 e. The van der Waals surface area contributed by atoms with E-state index in [0.29, 0.717) is 28.8 Å². The Morgan fingerprint density at radius 1 is 0.897 bits per heavy atom. The number of hydrogen-bond acceptors (Lipinski definition) is 4. The molecule has 6 nitrogen and oxygen atoms in total. The van der Waals surface area contributed by atoms with Gasteiger partial charge >= 0.3 is 0 Å². The van der Waals surface area contributed by atoms with Crippen LogP contribution in [0, 0.1) is 0 Å². The molecule has 29 heavy (non-hydrogen) atoms. The van der Waals surface area contributed by atoms with Gasteiger partial charge in [-0.15, -0.1) is 0 Å². The van der Waals surface area contributed by atoms with E-state index in [1.807, 2.05) is 59.2 Å². The summed E-state index contributed by atoms with van der Waals surface area (Å²) in [4.78, 5) is 25.5. The van der Waals surface area contributed by atoms with Crippen LogP contribution in [0.5, 0.6) is 11.5 Å². The zero-order valence-corrected chi connectivity index (χ0v) is 15.6. The van der Waals surface area contributed by atoms with Crippen LogP contribution in [0.4, 0.5) is 0 Å². The summed E-state index contributed by atoms with van der Waals surface area (Å²) in [6, 6.07) is 20.4. The maximum atomic E-state index is 12.8. The molecule has 0 bridgehead atoms. The largest absolute Gasteiger partial charge is 0.454 e. The van der Waals surface area contributed by atoms with Crippen LogP contribution >= 0.6 is 0 Å². The van der Waals surface area contributed by atoms with Crippen molar-refractivity contribution < 1.29 is 14.3 Å². The summed E-state index contributed by atoms with van der Waals surface area (Å²) in [5.41, 5.74) is 2.40. The Hall–Kier alpha value is -3.80. The number of para-hydroxylation sites is 2. The Kier molecular flexibility index (Phi) is 4.17. The highest BCUT2D eigenvalue weighted by Gasteiger charge is 2.15. The fraction of sp³-hybridized carbons (Fsp3) is 0.130. The number of nitrogens with one attached hydrogen (secondary N) is 1. The molecule has 0 saturated carbocycles. The van der Waals surface area contributed by atoms with Crippen molar-refractivity contribution in [3.63, 3.8) is 0 Å². The van der Waals surface area contributed by atoms with Crippen molar-refractivity contribution in [1.29, 1.82) is 0 Å². The molecular formula is C23H18N2O4. The minimum atomic E-state index is -0.137. The molecule has 0 spiro atoms. The molecule has 6 heteroatoms. The van der Waals surface area contributed by atoms with Gasteiger partial charge < -0.3 is 19.4 Å². The molecule has 0 atom stereocenters. The van der Waals surface area contributed by atoms with Crippen LogP contribution in [0.15, 0.2) is 71.5 Å². The summed E-state index contributed by atoms with van der Waals surface area (Å²) in [6.45, 7) is 0.717. The number of carbonyl (C=O) groups is 1. The molecule has 0 radical (unpaired) electrons. The first kappa shape index (κ1) is 17.3. The monoisotopic (exact) mass is 386 g/mol. The number of hydrogen-bond donors (Lipinski definition) is 1. The maximum absolute atomic E-state index is 12.8. The summed E-state index contributed by atoms with van der Waals surface area (Å²) in [6.07, 6.45) is 0. The van der Waals surface area contributed by atoms with E-state index in [4.69, 9.17) is 9.47 Å². The fourth-order valence-electron chi connectivity index (χ4n) is 3.70. The molecule has 5 rings (SSSR count). The number of pyridine rings is 1. The van der Waals surface area contributed by atoms with E-state index in [1.165, 1.54) is 0 Å². The number of ether oxygens (including phenoxy) is 2. The van der Waals surface area contributed by atoms with Gasteiger partial charge in [-0.25, -0.2) is 0 Å². The summed E-state index contributed by atoms with van der Waals surface area (Å²) >= 11 is 0. The van der Waals surface area contributed by atoms with Gasteiger partial charge in [-0.2, -0.15) is 0 Å². The highest BCUT2D eigenvalue weighted by Crippen LogP contribution is 2.32. The molecule has 0 fully saturated rings. The van der Waals surface area contributed by atoms with Gasteiger partial charge in [-0.3, -0.25) is 9.59 Å². The fourth-order valence-corrected chi connectivity index (χ4v) is 3.70. The van der Waals surface area contributed by atoms with Crippen LogP contribution in [-0.2, 0) is 17.9 Å². The number of benzene rings is 3. The molecule has 1 aromatic heterocycles. The van der Waals surface area contributed by atoms with Crippen LogP contribution in [-0.4, -0.2) is 17.3 Å². The number of nitrogens with zero attached hydrogens (tertiary/aromatic N) is 1. The van der Waals surface area contributed by atoms with Crippen molar-refractivity contribution in [2.24, 2.45) is 0 Å². The average Bonchev–Trinajstić information content (AvgIpc) is 3.23. The first-order valence-corrected chi connectivity index (χ1v) is 9.36. The number of fused-ring (bicyclic) bond motifs is 3. The number of aromatic nitrogens is 1. The third-order valence-electron chi connectivity index (χ3n) is 5.11. The van der Waals surface area contributed by atoms with Crippen LogP contribution in [0.3, 0.4) is 0 Å². The van der Waals surface area contributed by atoms with E-state index >= 15 is 0 Å². The molecule has 0 unspecified atom stereocenters. The van der Waals surface area contributed by atoms with Gasteiger partial charge in [0.2, 0.25) is 12.7 Å². The van der Waals surface area contributed by atoms with Crippen molar-refractivity contribution in [3.8, 4) is 11.5 Å². The van der Waals surface area contributed by atoms with Gasteiger partial charge in [0.15, 0.2) is 16.9 Å². The Balaban J connectivity index is 1.44. The van der Waals surface area contributed by atoms with E-state index in [1.54, 1.807) is 12.1 Å². The highest BCUT2D eigenvalue weighted by molar-refractivity contribution is 5.94. The van der Waals surface area contributed by atoms with Gasteiger partial charge in [-0.05, 0) is 42.0 Å². The van der Waals surface area contributed by atoms with E-state index in [9.17, 15) is 9.59 Å². The lowest BCUT2D eigenvalue weighted by Gasteiger charge is -2.15. The average molecular weight is 386 g/mol. The Bertz CT molecular complexity index is 1250. The Morgan fingerprint density at radius 2 is 1.55 bits per heavy atom. The van der Waals surface area contributed by atoms with Crippen molar-refractivity contribution in [2.75, 3.05) is 6.79 Å². The van der Waals surface area contributed by atoms with Gasteiger partial charge in [0.05, 0.1) is 11.0 Å². The van der Waals surface area contributed by atoms with E-state index in [0.717, 1.165) is 16.6 Å². The summed E-state index contributed by atoms with van der Waals surface area (Å²) < 4.78 is 12.6. The normalized spacial score (nSPS) is 12.4. The quantitative estimate of drug-likeness (QED) is 0.547. The first-order valence-electron chi connectivity index (χ1n) is 9.36. The molecule has 4 aromatic rings. The van der Waals surface area contributed by atoms with Crippen molar-refractivity contribution >= 4 is 27.7 Å². The van der Waals surface area contributed by atoms with E-state index < -0.39 is 0 Å². The predicted octanol–water partition coefficient (Wildman–Crippen LogP) is 3.20. The van der Waals surface area contributed by atoms with Crippen LogP contribution in [0.25, 0.3) is 21.8 Å².